The minimum atomic E-state index is -0.757. The number of hydrogen-bond acceptors (Lipinski definition) is 2. The molecular formula is C17H17FO2. The second-order valence-electron chi connectivity index (χ2n) is 5.16. The smallest absolute Gasteiger partial charge is 0.316 e. The lowest BCUT2D eigenvalue weighted by Gasteiger charge is -2.23. The van der Waals surface area contributed by atoms with E-state index >= 15 is 0 Å². The van der Waals surface area contributed by atoms with Crippen LogP contribution in [0.25, 0.3) is 0 Å². The van der Waals surface area contributed by atoms with E-state index in [4.69, 9.17) is 4.74 Å². The topological polar surface area (TPSA) is 26.3 Å². The van der Waals surface area contributed by atoms with Crippen LogP contribution in [0.4, 0.5) is 4.39 Å². The summed E-state index contributed by atoms with van der Waals surface area (Å²) >= 11 is 0. The molecule has 0 saturated heterocycles. The first-order valence-electron chi connectivity index (χ1n) is 6.48. The SMILES string of the molecule is CC(C)(C(=O)OCc1ccccc1F)c1ccccc1. The number of benzene rings is 2. The lowest BCUT2D eigenvalue weighted by molar-refractivity contribution is -0.150. The van der Waals surface area contributed by atoms with E-state index in [0.717, 1.165) is 5.56 Å². The minimum absolute atomic E-state index is 0.0538. The largest absolute Gasteiger partial charge is 0.460 e. The highest BCUT2D eigenvalue weighted by Crippen LogP contribution is 2.25. The van der Waals surface area contributed by atoms with Gasteiger partial charge in [-0.2, -0.15) is 0 Å². The number of ether oxygens (including phenoxy) is 1. The molecule has 0 unspecified atom stereocenters. The fraction of sp³-hybridized carbons (Fsp3) is 0.235. The summed E-state index contributed by atoms with van der Waals surface area (Å²) in [7, 11) is 0. The van der Waals surface area contributed by atoms with Gasteiger partial charge in [0, 0.05) is 5.56 Å². The molecule has 20 heavy (non-hydrogen) atoms. The summed E-state index contributed by atoms with van der Waals surface area (Å²) < 4.78 is 18.7. The van der Waals surface area contributed by atoms with Gasteiger partial charge in [0.2, 0.25) is 0 Å². The average Bonchev–Trinajstić information content (AvgIpc) is 2.47. The zero-order chi connectivity index (χ0) is 14.6. The summed E-state index contributed by atoms with van der Waals surface area (Å²) in [6, 6.07) is 15.7. The summed E-state index contributed by atoms with van der Waals surface area (Å²) in [4.78, 5) is 12.2. The van der Waals surface area contributed by atoms with Crippen LogP contribution in [0.1, 0.15) is 25.0 Å². The van der Waals surface area contributed by atoms with E-state index in [2.05, 4.69) is 0 Å². The zero-order valence-corrected chi connectivity index (χ0v) is 11.6. The Morgan fingerprint density at radius 1 is 1.05 bits per heavy atom. The molecule has 0 N–H and O–H groups in total. The predicted molar refractivity (Wildman–Crippen MR) is 75.7 cm³/mol. The van der Waals surface area contributed by atoms with Crippen molar-refractivity contribution in [2.75, 3.05) is 0 Å². The van der Waals surface area contributed by atoms with Crippen molar-refractivity contribution in [2.45, 2.75) is 25.9 Å². The maximum atomic E-state index is 13.5. The van der Waals surface area contributed by atoms with E-state index in [-0.39, 0.29) is 18.4 Å². The van der Waals surface area contributed by atoms with Crippen molar-refractivity contribution >= 4 is 5.97 Å². The molecular weight excluding hydrogens is 255 g/mol. The highest BCUT2D eigenvalue weighted by molar-refractivity contribution is 5.82. The first kappa shape index (κ1) is 14.3. The van der Waals surface area contributed by atoms with Crippen molar-refractivity contribution in [1.29, 1.82) is 0 Å². The fourth-order valence-electron chi connectivity index (χ4n) is 1.91. The van der Waals surface area contributed by atoms with Crippen molar-refractivity contribution in [3.63, 3.8) is 0 Å². The fourth-order valence-corrected chi connectivity index (χ4v) is 1.91. The molecule has 2 nitrogen and oxygen atoms in total. The molecule has 0 spiro atoms. The Labute approximate surface area is 118 Å². The van der Waals surface area contributed by atoms with Gasteiger partial charge >= 0.3 is 5.97 Å². The maximum Gasteiger partial charge on any atom is 0.316 e. The molecule has 2 aromatic rings. The van der Waals surface area contributed by atoms with Gasteiger partial charge in [-0.05, 0) is 25.5 Å². The Morgan fingerprint density at radius 2 is 1.65 bits per heavy atom. The molecule has 3 heteroatoms. The highest BCUT2D eigenvalue weighted by Gasteiger charge is 2.31. The Morgan fingerprint density at radius 3 is 2.30 bits per heavy atom. The van der Waals surface area contributed by atoms with E-state index < -0.39 is 5.41 Å². The molecule has 0 heterocycles. The lowest BCUT2D eigenvalue weighted by atomic mass is 9.85. The van der Waals surface area contributed by atoms with Crippen molar-refractivity contribution in [3.05, 3.63) is 71.5 Å². The molecule has 104 valence electrons. The molecule has 0 aromatic heterocycles. The van der Waals surface area contributed by atoms with E-state index in [1.54, 1.807) is 32.0 Å². The number of halogens is 1. The van der Waals surface area contributed by atoms with Crippen molar-refractivity contribution in [2.24, 2.45) is 0 Å². The maximum absolute atomic E-state index is 13.5. The molecule has 0 aliphatic carbocycles. The van der Waals surface area contributed by atoms with Crippen molar-refractivity contribution < 1.29 is 13.9 Å². The summed E-state index contributed by atoms with van der Waals surface area (Å²) in [6.07, 6.45) is 0. The highest BCUT2D eigenvalue weighted by atomic mass is 19.1. The molecule has 0 fully saturated rings. The Kier molecular flexibility index (Phi) is 4.18. The van der Waals surface area contributed by atoms with Crippen LogP contribution < -0.4 is 0 Å². The van der Waals surface area contributed by atoms with Gasteiger partial charge in [0.05, 0.1) is 5.41 Å². The normalized spacial score (nSPS) is 11.2. The van der Waals surface area contributed by atoms with Gasteiger partial charge in [0.1, 0.15) is 12.4 Å². The molecule has 0 amide bonds. The van der Waals surface area contributed by atoms with Crippen LogP contribution in [0.2, 0.25) is 0 Å². The zero-order valence-electron chi connectivity index (χ0n) is 11.6. The third kappa shape index (κ3) is 3.05. The first-order chi connectivity index (χ1) is 9.51. The number of hydrogen-bond donors (Lipinski definition) is 0. The monoisotopic (exact) mass is 272 g/mol. The van der Waals surface area contributed by atoms with Gasteiger partial charge in [0.15, 0.2) is 0 Å². The summed E-state index contributed by atoms with van der Waals surface area (Å²) in [5.41, 5.74) is 0.496. The lowest BCUT2D eigenvalue weighted by Crippen LogP contribution is -2.31. The van der Waals surface area contributed by atoms with Crippen LogP contribution in [0.5, 0.6) is 0 Å². The van der Waals surface area contributed by atoms with Crippen LogP contribution in [0, 0.1) is 5.82 Å². The number of rotatable bonds is 4. The third-order valence-electron chi connectivity index (χ3n) is 3.32. The number of carbonyl (C=O) groups is 1. The van der Waals surface area contributed by atoms with Gasteiger partial charge in [0.25, 0.3) is 0 Å². The molecule has 0 saturated carbocycles. The second-order valence-corrected chi connectivity index (χ2v) is 5.16. The van der Waals surface area contributed by atoms with Gasteiger partial charge < -0.3 is 4.74 Å². The van der Waals surface area contributed by atoms with E-state index in [1.165, 1.54) is 6.07 Å². The minimum Gasteiger partial charge on any atom is -0.460 e. The standard InChI is InChI=1S/C17H17FO2/c1-17(2,14-9-4-3-5-10-14)16(19)20-12-13-8-6-7-11-15(13)18/h3-11H,12H2,1-2H3. The third-order valence-corrected chi connectivity index (χ3v) is 3.32. The van der Waals surface area contributed by atoms with Gasteiger partial charge in [-0.3, -0.25) is 4.79 Å². The average molecular weight is 272 g/mol. The van der Waals surface area contributed by atoms with E-state index in [0.29, 0.717) is 5.56 Å². The molecule has 2 rings (SSSR count). The van der Waals surface area contributed by atoms with Crippen LogP contribution in [0.3, 0.4) is 0 Å². The van der Waals surface area contributed by atoms with Crippen LogP contribution in [-0.4, -0.2) is 5.97 Å². The van der Waals surface area contributed by atoms with E-state index in [9.17, 15) is 9.18 Å². The van der Waals surface area contributed by atoms with Gasteiger partial charge in [-0.1, -0.05) is 48.5 Å². The van der Waals surface area contributed by atoms with Crippen molar-refractivity contribution in [3.8, 4) is 0 Å². The molecule has 0 bridgehead atoms. The van der Waals surface area contributed by atoms with Gasteiger partial charge in [-0.15, -0.1) is 0 Å². The molecule has 0 atom stereocenters. The summed E-state index contributed by atoms with van der Waals surface area (Å²) in [6.45, 7) is 3.54. The Hall–Kier alpha value is -2.16. The summed E-state index contributed by atoms with van der Waals surface area (Å²) in [5, 5.41) is 0. The van der Waals surface area contributed by atoms with E-state index in [1.807, 2.05) is 30.3 Å². The first-order valence-corrected chi connectivity index (χ1v) is 6.48. The quantitative estimate of drug-likeness (QED) is 0.790. The summed E-state index contributed by atoms with van der Waals surface area (Å²) in [5.74, 6) is -0.732. The van der Waals surface area contributed by atoms with Crippen LogP contribution in [0.15, 0.2) is 54.6 Å². The Bertz CT molecular complexity index is 591. The Balaban J connectivity index is 2.07. The second kappa shape index (κ2) is 5.87. The molecule has 0 aliphatic heterocycles. The van der Waals surface area contributed by atoms with Crippen LogP contribution in [-0.2, 0) is 21.6 Å². The number of carbonyl (C=O) groups excluding carboxylic acids is 1. The molecule has 2 aromatic carbocycles. The molecule has 0 aliphatic rings. The number of esters is 1. The van der Waals surface area contributed by atoms with Gasteiger partial charge in [-0.25, -0.2) is 4.39 Å². The van der Waals surface area contributed by atoms with Crippen molar-refractivity contribution in [1.82, 2.24) is 0 Å². The predicted octanol–water partition coefficient (Wildman–Crippen LogP) is 3.85. The van der Waals surface area contributed by atoms with Crippen LogP contribution >= 0.6 is 0 Å². The molecule has 0 radical (unpaired) electrons.